The molecule has 0 atom stereocenters. The van der Waals surface area contributed by atoms with Crippen LogP contribution in [0.25, 0.3) is 10.9 Å². The Labute approximate surface area is 142 Å². The van der Waals surface area contributed by atoms with Gasteiger partial charge in [-0.2, -0.15) is 0 Å². The first-order valence-corrected chi connectivity index (χ1v) is 7.58. The fourth-order valence-electron chi connectivity index (χ4n) is 2.62. The third-order valence-electron chi connectivity index (χ3n) is 3.77. The van der Waals surface area contributed by atoms with Crippen LogP contribution in [-0.2, 0) is 11.3 Å². The number of carbonyl (C=O) groups is 1. The maximum atomic E-state index is 12.8. The van der Waals surface area contributed by atoms with E-state index in [0.717, 1.165) is 12.7 Å². The van der Waals surface area contributed by atoms with Crippen LogP contribution in [0.4, 0.5) is 0 Å². The zero-order valence-electron chi connectivity index (χ0n) is 12.8. The summed E-state index contributed by atoms with van der Waals surface area (Å²) in [6.07, 6.45) is 0. The summed E-state index contributed by atoms with van der Waals surface area (Å²) in [5.74, 6) is -1.28. The van der Waals surface area contributed by atoms with Gasteiger partial charge in [0.25, 0.3) is 5.56 Å². The van der Waals surface area contributed by atoms with Gasteiger partial charge >= 0.3 is 5.97 Å². The molecule has 1 heterocycles. The highest BCUT2D eigenvalue weighted by Crippen LogP contribution is 2.29. The molecule has 0 amide bonds. The number of esters is 1. The Kier molecular flexibility index (Phi) is 4.27. The van der Waals surface area contributed by atoms with Crippen LogP contribution >= 0.6 is 11.6 Å². The van der Waals surface area contributed by atoms with E-state index in [4.69, 9.17) is 11.6 Å². The number of halogens is 1. The molecule has 0 spiro atoms. The number of carbonyl (C=O) groups excluding carboxylic acids is 1. The van der Waals surface area contributed by atoms with Gasteiger partial charge in [-0.15, -0.1) is 0 Å². The molecule has 122 valence electrons. The van der Waals surface area contributed by atoms with Crippen LogP contribution in [0.15, 0.2) is 53.3 Å². The lowest BCUT2D eigenvalue weighted by Crippen LogP contribution is -2.28. The van der Waals surface area contributed by atoms with Crippen molar-refractivity contribution in [2.24, 2.45) is 0 Å². The molecule has 0 unspecified atom stereocenters. The number of nitrogens with zero attached hydrogens (tertiary/aromatic N) is 1. The van der Waals surface area contributed by atoms with E-state index in [-0.39, 0.29) is 12.1 Å². The van der Waals surface area contributed by atoms with Crippen molar-refractivity contribution in [2.75, 3.05) is 7.11 Å². The van der Waals surface area contributed by atoms with Crippen molar-refractivity contribution in [3.05, 3.63) is 75.0 Å². The van der Waals surface area contributed by atoms with Gasteiger partial charge in [-0.05, 0) is 23.8 Å². The van der Waals surface area contributed by atoms with Crippen molar-refractivity contribution in [3.63, 3.8) is 0 Å². The molecule has 2 aromatic carbocycles. The van der Waals surface area contributed by atoms with Crippen LogP contribution in [-0.4, -0.2) is 22.8 Å². The van der Waals surface area contributed by atoms with Gasteiger partial charge in [0.15, 0.2) is 5.56 Å². The highest BCUT2D eigenvalue weighted by Gasteiger charge is 2.23. The lowest BCUT2D eigenvalue weighted by Gasteiger charge is -2.14. The number of aromatic hydroxyl groups is 1. The quantitative estimate of drug-likeness (QED) is 0.741. The molecule has 5 nitrogen and oxygen atoms in total. The van der Waals surface area contributed by atoms with E-state index in [1.54, 1.807) is 18.2 Å². The standard InChI is InChI=1S/C18H14ClNO4/c1-24-18(23)15-16(21)13-8-7-12(19)9-14(13)20(17(15)22)10-11-5-3-2-4-6-11/h2-9,21H,10H2,1H3. The van der Waals surface area contributed by atoms with Crippen LogP contribution in [0.3, 0.4) is 0 Å². The Morgan fingerprint density at radius 2 is 1.92 bits per heavy atom. The van der Waals surface area contributed by atoms with Gasteiger partial charge in [-0.25, -0.2) is 4.79 Å². The van der Waals surface area contributed by atoms with E-state index < -0.39 is 17.3 Å². The van der Waals surface area contributed by atoms with Crippen LogP contribution in [0.2, 0.25) is 5.02 Å². The number of pyridine rings is 1. The van der Waals surface area contributed by atoms with Gasteiger partial charge in [0.05, 0.1) is 19.2 Å². The minimum absolute atomic E-state index is 0.237. The van der Waals surface area contributed by atoms with Crippen LogP contribution in [0.5, 0.6) is 5.75 Å². The first-order chi connectivity index (χ1) is 11.5. The molecule has 0 aliphatic rings. The number of aromatic nitrogens is 1. The molecule has 0 fully saturated rings. The Morgan fingerprint density at radius 1 is 1.21 bits per heavy atom. The molecule has 0 bridgehead atoms. The van der Waals surface area contributed by atoms with Crippen LogP contribution in [0.1, 0.15) is 15.9 Å². The smallest absolute Gasteiger partial charge is 0.347 e. The molecule has 1 aromatic heterocycles. The highest BCUT2D eigenvalue weighted by atomic mass is 35.5. The van der Waals surface area contributed by atoms with E-state index in [1.807, 2.05) is 30.3 Å². The third kappa shape index (κ3) is 2.74. The third-order valence-corrected chi connectivity index (χ3v) is 4.01. The Bertz CT molecular complexity index is 980. The highest BCUT2D eigenvalue weighted by molar-refractivity contribution is 6.31. The normalized spacial score (nSPS) is 10.8. The SMILES string of the molecule is COC(=O)c1c(O)c2ccc(Cl)cc2n(Cc2ccccc2)c1=O. The van der Waals surface area contributed by atoms with Gasteiger partial charge in [-0.1, -0.05) is 41.9 Å². The number of ether oxygens (including phenoxy) is 1. The van der Waals surface area contributed by atoms with E-state index in [9.17, 15) is 14.7 Å². The maximum Gasteiger partial charge on any atom is 0.347 e. The number of fused-ring (bicyclic) bond motifs is 1. The summed E-state index contributed by atoms with van der Waals surface area (Å²) in [5.41, 5.74) is 0.310. The number of benzene rings is 2. The van der Waals surface area contributed by atoms with Crippen molar-refractivity contribution >= 4 is 28.5 Å². The largest absolute Gasteiger partial charge is 0.506 e. The summed E-state index contributed by atoms with van der Waals surface area (Å²) in [5, 5.41) is 11.1. The number of rotatable bonds is 3. The van der Waals surface area contributed by atoms with Crippen molar-refractivity contribution in [2.45, 2.75) is 6.54 Å². The Balaban J connectivity index is 2.34. The summed E-state index contributed by atoms with van der Waals surface area (Å²) >= 11 is 6.04. The Morgan fingerprint density at radius 3 is 2.58 bits per heavy atom. The number of hydrogen-bond acceptors (Lipinski definition) is 4. The van der Waals surface area contributed by atoms with Crippen molar-refractivity contribution < 1.29 is 14.6 Å². The van der Waals surface area contributed by atoms with E-state index in [2.05, 4.69) is 4.74 Å². The lowest BCUT2D eigenvalue weighted by molar-refractivity contribution is 0.0595. The summed E-state index contributed by atoms with van der Waals surface area (Å²) in [7, 11) is 1.16. The molecule has 6 heteroatoms. The molecule has 0 radical (unpaired) electrons. The second-order valence-electron chi connectivity index (χ2n) is 5.25. The summed E-state index contributed by atoms with van der Waals surface area (Å²) in [6, 6.07) is 14.1. The van der Waals surface area contributed by atoms with Gasteiger partial charge < -0.3 is 14.4 Å². The molecule has 3 aromatic rings. The van der Waals surface area contributed by atoms with Gasteiger partial charge in [-0.3, -0.25) is 4.79 Å². The van der Waals surface area contributed by atoms with Gasteiger partial charge in [0, 0.05) is 10.4 Å². The van der Waals surface area contributed by atoms with Gasteiger partial charge in [0.1, 0.15) is 5.75 Å². The summed E-state index contributed by atoms with van der Waals surface area (Å²) in [4.78, 5) is 24.7. The molecule has 0 aliphatic heterocycles. The zero-order chi connectivity index (χ0) is 17.3. The fourth-order valence-corrected chi connectivity index (χ4v) is 2.78. The number of hydrogen-bond donors (Lipinski definition) is 1. The number of methoxy groups -OCH3 is 1. The van der Waals surface area contributed by atoms with E-state index >= 15 is 0 Å². The van der Waals surface area contributed by atoms with Crippen molar-refractivity contribution in [3.8, 4) is 5.75 Å². The minimum atomic E-state index is -0.879. The first-order valence-electron chi connectivity index (χ1n) is 7.20. The molecule has 0 saturated carbocycles. The fraction of sp³-hybridized carbons (Fsp3) is 0.111. The van der Waals surface area contributed by atoms with Crippen molar-refractivity contribution in [1.82, 2.24) is 4.57 Å². The Hall–Kier alpha value is -2.79. The molecule has 0 saturated heterocycles. The summed E-state index contributed by atoms with van der Waals surface area (Å²) in [6.45, 7) is 0.237. The second-order valence-corrected chi connectivity index (χ2v) is 5.69. The van der Waals surface area contributed by atoms with Crippen LogP contribution < -0.4 is 5.56 Å². The monoisotopic (exact) mass is 343 g/mol. The topological polar surface area (TPSA) is 68.5 Å². The molecule has 24 heavy (non-hydrogen) atoms. The van der Waals surface area contributed by atoms with Crippen molar-refractivity contribution in [1.29, 1.82) is 0 Å². The lowest BCUT2D eigenvalue weighted by atomic mass is 10.1. The zero-order valence-corrected chi connectivity index (χ0v) is 13.6. The molecular weight excluding hydrogens is 330 g/mol. The molecule has 3 rings (SSSR count). The van der Waals surface area contributed by atoms with E-state index in [0.29, 0.717) is 15.9 Å². The second kappa shape index (κ2) is 6.37. The van der Waals surface area contributed by atoms with E-state index in [1.165, 1.54) is 4.57 Å². The molecular formula is C18H14ClNO4. The first kappa shape index (κ1) is 16.1. The minimum Gasteiger partial charge on any atom is -0.506 e. The molecule has 1 N–H and O–H groups in total. The molecule has 0 aliphatic carbocycles. The predicted octanol–water partition coefficient (Wildman–Crippen LogP) is 3.20. The maximum absolute atomic E-state index is 12.8. The average Bonchev–Trinajstić information content (AvgIpc) is 2.59. The summed E-state index contributed by atoms with van der Waals surface area (Å²) < 4.78 is 6.04. The predicted molar refractivity (Wildman–Crippen MR) is 91.8 cm³/mol. The van der Waals surface area contributed by atoms with Gasteiger partial charge in [0.2, 0.25) is 0 Å². The van der Waals surface area contributed by atoms with Crippen LogP contribution in [0, 0.1) is 0 Å². The average molecular weight is 344 g/mol.